The minimum Gasteiger partial charge on any atom is -0.444 e. The number of hydrogen-bond acceptors (Lipinski definition) is 5. The van der Waals surface area contributed by atoms with Crippen molar-refractivity contribution >= 4 is 36.0 Å². The van der Waals surface area contributed by atoms with Gasteiger partial charge in [-0.1, -0.05) is 6.07 Å². The molecule has 1 amide bonds. The Morgan fingerprint density at radius 1 is 1.23 bits per heavy atom. The highest BCUT2D eigenvalue weighted by atomic mass is 127. The summed E-state index contributed by atoms with van der Waals surface area (Å²) in [5.74, 6) is 0.782. The topological polar surface area (TPSA) is 88.1 Å². The number of pyridine rings is 1. The molecule has 1 heterocycles. The molecule has 0 aliphatic carbocycles. The lowest BCUT2D eigenvalue weighted by atomic mass is 10.2. The molecular formula is C22H40IN5O3. The monoisotopic (exact) mass is 549 g/mol. The minimum absolute atomic E-state index is 0. The molecule has 0 radical (unpaired) electrons. The lowest BCUT2D eigenvalue weighted by Gasteiger charge is -2.27. The molecule has 9 heteroatoms. The second-order valence-corrected chi connectivity index (χ2v) is 7.85. The minimum atomic E-state index is -0.536. The van der Waals surface area contributed by atoms with Crippen LogP contribution in [0.3, 0.4) is 0 Å². The van der Waals surface area contributed by atoms with Crippen LogP contribution in [0, 0.1) is 0 Å². The maximum atomic E-state index is 12.6. The summed E-state index contributed by atoms with van der Waals surface area (Å²) in [5.41, 5.74) is 0.433. The van der Waals surface area contributed by atoms with E-state index in [0.717, 1.165) is 50.7 Å². The number of halogens is 1. The molecule has 0 unspecified atom stereocenters. The predicted molar refractivity (Wildman–Crippen MR) is 136 cm³/mol. The number of nitrogens with zero attached hydrogens (tertiary/aromatic N) is 3. The van der Waals surface area contributed by atoms with Crippen LogP contribution in [0.4, 0.5) is 4.79 Å². The van der Waals surface area contributed by atoms with Gasteiger partial charge >= 0.3 is 6.09 Å². The molecule has 0 aliphatic rings. The zero-order valence-electron chi connectivity index (χ0n) is 19.6. The first-order valence-corrected chi connectivity index (χ1v) is 10.8. The maximum Gasteiger partial charge on any atom is 0.410 e. The molecule has 0 fully saturated rings. The van der Waals surface area contributed by atoms with Gasteiger partial charge < -0.3 is 25.0 Å². The molecule has 31 heavy (non-hydrogen) atoms. The Morgan fingerprint density at radius 3 is 2.61 bits per heavy atom. The summed E-state index contributed by atoms with van der Waals surface area (Å²) in [6, 6.07) is 3.82. The van der Waals surface area contributed by atoms with Crippen LogP contribution in [0.2, 0.25) is 0 Å². The molecule has 0 spiro atoms. The van der Waals surface area contributed by atoms with Crippen molar-refractivity contribution in [3.63, 3.8) is 0 Å². The average Bonchev–Trinajstić information content (AvgIpc) is 2.69. The van der Waals surface area contributed by atoms with E-state index in [0.29, 0.717) is 19.6 Å². The van der Waals surface area contributed by atoms with Gasteiger partial charge in [0, 0.05) is 51.8 Å². The van der Waals surface area contributed by atoms with Crippen molar-refractivity contribution in [1.29, 1.82) is 0 Å². The summed E-state index contributed by atoms with van der Waals surface area (Å²) in [6.07, 6.45) is 4.83. The number of ether oxygens (including phenoxy) is 2. The molecule has 0 aromatic carbocycles. The molecule has 0 saturated heterocycles. The third-order valence-corrected chi connectivity index (χ3v) is 3.91. The highest BCUT2D eigenvalue weighted by molar-refractivity contribution is 14.0. The number of aliphatic imine (C=N–C) groups is 1. The molecule has 8 nitrogen and oxygen atoms in total. The van der Waals surface area contributed by atoms with Crippen LogP contribution in [0.1, 0.15) is 53.0 Å². The van der Waals surface area contributed by atoms with Gasteiger partial charge in [0.2, 0.25) is 0 Å². The van der Waals surface area contributed by atoms with E-state index in [4.69, 9.17) is 9.47 Å². The molecule has 0 saturated carbocycles. The Bertz CT molecular complexity index is 623. The number of carbonyl (C=O) groups excluding carboxylic acids is 1. The quantitative estimate of drug-likeness (QED) is 0.179. The highest BCUT2D eigenvalue weighted by Gasteiger charge is 2.22. The molecule has 178 valence electrons. The molecule has 1 aromatic rings. The van der Waals surface area contributed by atoms with Crippen LogP contribution in [0.5, 0.6) is 0 Å². The van der Waals surface area contributed by atoms with Gasteiger partial charge in [-0.3, -0.25) is 9.98 Å². The van der Waals surface area contributed by atoms with Crippen LogP contribution in [-0.4, -0.2) is 66.9 Å². The maximum absolute atomic E-state index is 12.6. The molecular weight excluding hydrogens is 509 g/mol. The zero-order valence-corrected chi connectivity index (χ0v) is 22.0. The standard InChI is InChI=1S/C22H39N5O3.HI/c1-6-24-20(26-14-10-16-29-7-2)25-13-9-15-27(21(28)30-22(3,4)5)18-19-11-8-12-23-17-19;/h8,11-12,17H,6-7,9-10,13-16,18H2,1-5H3,(H2,24,25,26);1H. The summed E-state index contributed by atoms with van der Waals surface area (Å²) >= 11 is 0. The lowest BCUT2D eigenvalue weighted by Crippen LogP contribution is -2.39. The number of rotatable bonds is 12. The van der Waals surface area contributed by atoms with E-state index in [-0.39, 0.29) is 30.1 Å². The van der Waals surface area contributed by atoms with Crippen LogP contribution in [-0.2, 0) is 16.0 Å². The zero-order chi connectivity index (χ0) is 22.2. The number of amides is 1. The first kappa shape index (κ1) is 29.4. The third kappa shape index (κ3) is 14.9. The van der Waals surface area contributed by atoms with Gasteiger partial charge in [-0.2, -0.15) is 0 Å². The van der Waals surface area contributed by atoms with Crippen molar-refractivity contribution in [3.8, 4) is 0 Å². The van der Waals surface area contributed by atoms with Crippen molar-refractivity contribution in [2.24, 2.45) is 4.99 Å². The number of guanidine groups is 1. The van der Waals surface area contributed by atoms with Gasteiger partial charge in [0.1, 0.15) is 5.60 Å². The van der Waals surface area contributed by atoms with Gasteiger partial charge in [0.25, 0.3) is 0 Å². The summed E-state index contributed by atoms with van der Waals surface area (Å²) in [7, 11) is 0. The van der Waals surface area contributed by atoms with E-state index in [1.54, 1.807) is 17.3 Å². The SMILES string of the molecule is CCNC(=NCCCN(Cc1cccnc1)C(=O)OC(C)(C)C)NCCCOCC.I. The Balaban J connectivity index is 0.00000900. The van der Waals surface area contributed by atoms with Gasteiger partial charge in [0.15, 0.2) is 5.96 Å². The smallest absolute Gasteiger partial charge is 0.410 e. The number of nitrogens with one attached hydrogen (secondary N) is 2. The Morgan fingerprint density at radius 2 is 2.00 bits per heavy atom. The van der Waals surface area contributed by atoms with E-state index in [1.165, 1.54) is 0 Å². The van der Waals surface area contributed by atoms with E-state index in [9.17, 15) is 4.79 Å². The average molecular weight is 549 g/mol. The Labute approximate surface area is 204 Å². The molecule has 2 N–H and O–H groups in total. The van der Waals surface area contributed by atoms with Crippen molar-refractivity contribution < 1.29 is 14.3 Å². The largest absolute Gasteiger partial charge is 0.444 e. The number of carbonyl (C=O) groups is 1. The summed E-state index contributed by atoms with van der Waals surface area (Å²) in [6.45, 7) is 14.3. The van der Waals surface area contributed by atoms with E-state index < -0.39 is 5.60 Å². The van der Waals surface area contributed by atoms with Gasteiger partial charge in [-0.15, -0.1) is 24.0 Å². The number of aromatic nitrogens is 1. The van der Waals surface area contributed by atoms with E-state index in [1.807, 2.05) is 46.8 Å². The van der Waals surface area contributed by atoms with Crippen LogP contribution in [0.25, 0.3) is 0 Å². The molecule has 0 aliphatic heterocycles. The molecule has 1 rings (SSSR count). The first-order chi connectivity index (χ1) is 14.4. The first-order valence-electron chi connectivity index (χ1n) is 10.8. The third-order valence-electron chi connectivity index (χ3n) is 3.91. The van der Waals surface area contributed by atoms with Gasteiger partial charge in [-0.05, 0) is 59.1 Å². The second-order valence-electron chi connectivity index (χ2n) is 7.85. The fourth-order valence-electron chi connectivity index (χ4n) is 2.59. The lowest BCUT2D eigenvalue weighted by molar-refractivity contribution is 0.0232. The van der Waals surface area contributed by atoms with Crippen LogP contribution < -0.4 is 10.6 Å². The van der Waals surface area contributed by atoms with Crippen molar-refractivity contribution in [2.45, 2.75) is 59.6 Å². The molecule has 0 atom stereocenters. The van der Waals surface area contributed by atoms with Crippen molar-refractivity contribution in [2.75, 3.05) is 39.4 Å². The fourth-order valence-corrected chi connectivity index (χ4v) is 2.59. The summed E-state index contributed by atoms with van der Waals surface area (Å²) < 4.78 is 10.9. The van der Waals surface area contributed by atoms with Crippen LogP contribution >= 0.6 is 24.0 Å². The highest BCUT2D eigenvalue weighted by Crippen LogP contribution is 2.13. The fraction of sp³-hybridized carbons (Fsp3) is 0.682. The van der Waals surface area contributed by atoms with E-state index >= 15 is 0 Å². The Hall–Kier alpha value is -1.62. The second kappa shape index (κ2) is 17.0. The van der Waals surface area contributed by atoms with Gasteiger partial charge in [0.05, 0.1) is 6.54 Å². The van der Waals surface area contributed by atoms with Crippen LogP contribution in [0.15, 0.2) is 29.5 Å². The summed E-state index contributed by atoms with van der Waals surface area (Å²) in [4.78, 5) is 23.1. The normalized spacial score (nSPS) is 11.5. The van der Waals surface area contributed by atoms with E-state index in [2.05, 4.69) is 20.6 Å². The van der Waals surface area contributed by atoms with Crippen molar-refractivity contribution in [3.05, 3.63) is 30.1 Å². The molecule has 1 aromatic heterocycles. The Kier molecular flexibility index (Phi) is 16.1. The predicted octanol–water partition coefficient (Wildman–Crippen LogP) is 3.81. The number of hydrogen-bond donors (Lipinski definition) is 2. The molecule has 0 bridgehead atoms. The van der Waals surface area contributed by atoms with Crippen molar-refractivity contribution in [1.82, 2.24) is 20.5 Å². The summed E-state index contributed by atoms with van der Waals surface area (Å²) in [5, 5.41) is 6.55. The van der Waals surface area contributed by atoms with Gasteiger partial charge in [-0.25, -0.2) is 4.79 Å².